The minimum Gasteiger partial charge on any atom is -0.342 e. The lowest BCUT2D eigenvalue weighted by atomic mass is 10.2. The van der Waals surface area contributed by atoms with Gasteiger partial charge in [-0.05, 0) is 18.6 Å². The number of benzene rings is 1. The van der Waals surface area contributed by atoms with E-state index in [0.29, 0.717) is 11.0 Å². The van der Waals surface area contributed by atoms with Crippen molar-refractivity contribution in [3.05, 3.63) is 27.2 Å². The molecule has 1 aromatic rings. The van der Waals surface area contributed by atoms with Crippen molar-refractivity contribution in [3.8, 4) is 0 Å². The van der Waals surface area contributed by atoms with E-state index in [4.69, 9.17) is 16.7 Å². The highest BCUT2D eigenvalue weighted by Crippen LogP contribution is 2.29. The van der Waals surface area contributed by atoms with Gasteiger partial charge in [0.2, 0.25) is 10.0 Å². The summed E-state index contributed by atoms with van der Waals surface area (Å²) in [5.74, 6) is -0.338. The fraction of sp³-hybridized carbons (Fsp3) is 0.417. The predicted molar refractivity (Wildman–Crippen MR) is 82.4 cm³/mol. The van der Waals surface area contributed by atoms with Crippen LogP contribution >= 0.6 is 27.5 Å². The van der Waals surface area contributed by atoms with E-state index < -0.39 is 10.0 Å². The molecule has 0 unspecified atom stereocenters. The third-order valence-corrected chi connectivity index (χ3v) is 4.65. The molecule has 0 bridgehead atoms. The summed E-state index contributed by atoms with van der Waals surface area (Å²) in [4.78, 5) is 13.5. The second kappa shape index (κ2) is 6.89. The highest BCUT2D eigenvalue weighted by atomic mass is 79.9. The summed E-state index contributed by atoms with van der Waals surface area (Å²) < 4.78 is 23.4. The molecule has 1 aromatic carbocycles. The normalized spacial score (nSPS) is 11.4. The van der Waals surface area contributed by atoms with E-state index in [9.17, 15) is 13.2 Å². The number of carbonyl (C=O) groups is 1. The molecule has 112 valence electrons. The van der Waals surface area contributed by atoms with E-state index >= 15 is 0 Å². The van der Waals surface area contributed by atoms with Gasteiger partial charge < -0.3 is 4.90 Å². The highest BCUT2D eigenvalue weighted by Gasteiger charge is 2.22. The van der Waals surface area contributed by atoms with Gasteiger partial charge in [0.05, 0.1) is 10.6 Å². The summed E-state index contributed by atoms with van der Waals surface area (Å²) in [5.41, 5.74) is 0.115. The molecule has 1 amide bonds. The molecule has 2 N–H and O–H groups in total. The van der Waals surface area contributed by atoms with Crippen LogP contribution in [0.2, 0.25) is 5.02 Å². The van der Waals surface area contributed by atoms with Crippen molar-refractivity contribution in [2.24, 2.45) is 5.14 Å². The van der Waals surface area contributed by atoms with Gasteiger partial charge in [-0.25, -0.2) is 13.6 Å². The minimum absolute atomic E-state index is 0.115. The van der Waals surface area contributed by atoms with Crippen LogP contribution in [0, 0.1) is 0 Å². The van der Waals surface area contributed by atoms with Crippen LogP contribution in [-0.2, 0) is 10.0 Å². The van der Waals surface area contributed by atoms with Crippen molar-refractivity contribution in [2.75, 3.05) is 13.6 Å². The third kappa shape index (κ3) is 4.18. The topological polar surface area (TPSA) is 80.5 Å². The van der Waals surface area contributed by atoms with Gasteiger partial charge in [-0.3, -0.25) is 4.79 Å². The SMILES string of the molecule is CCCCN(C)C(=O)c1cc(Br)cc(S(N)(=O)=O)c1Cl. The van der Waals surface area contributed by atoms with E-state index in [2.05, 4.69) is 15.9 Å². The van der Waals surface area contributed by atoms with Gasteiger partial charge in [0.1, 0.15) is 4.90 Å². The molecular weight excluding hydrogens is 368 g/mol. The number of amides is 1. The van der Waals surface area contributed by atoms with Gasteiger partial charge >= 0.3 is 0 Å². The Labute approximate surface area is 132 Å². The number of hydrogen-bond donors (Lipinski definition) is 1. The number of primary sulfonamides is 1. The Hall–Kier alpha value is -0.630. The summed E-state index contributed by atoms with van der Waals surface area (Å²) in [5, 5.41) is 4.94. The molecule has 0 atom stereocenters. The van der Waals surface area contributed by atoms with Gasteiger partial charge in [0.25, 0.3) is 5.91 Å². The number of halogens is 2. The Kier molecular flexibility index (Phi) is 6.00. The van der Waals surface area contributed by atoms with Gasteiger partial charge in [-0.15, -0.1) is 0 Å². The largest absolute Gasteiger partial charge is 0.342 e. The molecule has 0 aromatic heterocycles. The second-order valence-corrected chi connectivity index (χ2v) is 7.21. The molecule has 0 aliphatic rings. The Balaban J connectivity index is 3.26. The highest BCUT2D eigenvalue weighted by molar-refractivity contribution is 9.10. The molecule has 0 aliphatic heterocycles. The number of nitrogens with zero attached hydrogens (tertiary/aromatic N) is 1. The van der Waals surface area contributed by atoms with Gasteiger partial charge in [-0.1, -0.05) is 40.9 Å². The smallest absolute Gasteiger partial charge is 0.255 e. The molecule has 20 heavy (non-hydrogen) atoms. The van der Waals surface area contributed by atoms with Gasteiger partial charge in [0.15, 0.2) is 0 Å². The average Bonchev–Trinajstić information content (AvgIpc) is 2.36. The van der Waals surface area contributed by atoms with Crippen molar-refractivity contribution >= 4 is 43.5 Å². The van der Waals surface area contributed by atoms with Crippen molar-refractivity contribution in [1.82, 2.24) is 4.90 Å². The summed E-state index contributed by atoms with van der Waals surface area (Å²) >= 11 is 9.17. The van der Waals surface area contributed by atoms with Crippen LogP contribution in [0.1, 0.15) is 30.1 Å². The van der Waals surface area contributed by atoms with Crippen LogP contribution in [0.25, 0.3) is 0 Å². The zero-order valence-corrected chi connectivity index (χ0v) is 14.3. The fourth-order valence-corrected chi connectivity index (χ4v) is 3.40. The molecule has 0 heterocycles. The Morgan fingerprint density at radius 3 is 2.55 bits per heavy atom. The molecule has 0 aliphatic carbocycles. The number of sulfonamides is 1. The summed E-state index contributed by atoms with van der Waals surface area (Å²) in [7, 11) is -2.34. The first kappa shape index (κ1) is 17.4. The first-order valence-corrected chi connectivity index (χ1v) is 8.67. The quantitative estimate of drug-likeness (QED) is 0.848. The van der Waals surface area contributed by atoms with Crippen molar-refractivity contribution in [3.63, 3.8) is 0 Å². The van der Waals surface area contributed by atoms with E-state index in [1.54, 1.807) is 7.05 Å². The molecule has 0 radical (unpaired) electrons. The average molecular weight is 384 g/mol. The van der Waals surface area contributed by atoms with Crippen molar-refractivity contribution in [1.29, 1.82) is 0 Å². The molecule has 0 spiro atoms. The maximum Gasteiger partial charge on any atom is 0.255 e. The zero-order valence-electron chi connectivity index (χ0n) is 11.2. The van der Waals surface area contributed by atoms with Gasteiger partial charge in [-0.2, -0.15) is 0 Å². The maximum atomic E-state index is 12.3. The lowest BCUT2D eigenvalue weighted by molar-refractivity contribution is 0.0793. The first-order chi connectivity index (χ1) is 9.18. The molecule has 1 rings (SSSR count). The monoisotopic (exact) mass is 382 g/mol. The van der Waals surface area contributed by atoms with Gasteiger partial charge in [0, 0.05) is 18.1 Å². The van der Waals surface area contributed by atoms with Crippen LogP contribution < -0.4 is 5.14 Å². The summed E-state index contributed by atoms with van der Waals surface area (Å²) in [6.45, 7) is 2.59. The zero-order chi connectivity index (χ0) is 15.5. The maximum absolute atomic E-state index is 12.3. The molecule has 5 nitrogen and oxygen atoms in total. The van der Waals surface area contributed by atoms with Crippen LogP contribution in [0.4, 0.5) is 0 Å². The van der Waals surface area contributed by atoms with Crippen LogP contribution in [0.15, 0.2) is 21.5 Å². The standard InChI is InChI=1S/C12H16BrClN2O3S/c1-3-4-5-16(2)12(17)9-6-8(13)7-10(11(9)14)20(15,18)19/h6-7H,3-5H2,1-2H3,(H2,15,18,19). The van der Waals surface area contributed by atoms with E-state index in [1.165, 1.54) is 17.0 Å². The van der Waals surface area contributed by atoms with Crippen molar-refractivity contribution < 1.29 is 13.2 Å². The Morgan fingerprint density at radius 1 is 1.45 bits per heavy atom. The predicted octanol–water partition coefficient (Wildman–Crippen LogP) is 2.62. The van der Waals surface area contributed by atoms with Crippen LogP contribution in [0.5, 0.6) is 0 Å². The Bertz CT molecular complexity index is 619. The fourth-order valence-electron chi connectivity index (χ4n) is 1.63. The number of nitrogens with two attached hydrogens (primary N) is 1. The first-order valence-electron chi connectivity index (χ1n) is 5.95. The third-order valence-electron chi connectivity index (χ3n) is 2.73. The Morgan fingerprint density at radius 2 is 2.05 bits per heavy atom. The molecule has 0 fully saturated rings. The lowest BCUT2D eigenvalue weighted by Crippen LogP contribution is -2.28. The second-order valence-electron chi connectivity index (χ2n) is 4.39. The van der Waals surface area contributed by atoms with Crippen molar-refractivity contribution in [2.45, 2.75) is 24.7 Å². The number of hydrogen-bond acceptors (Lipinski definition) is 3. The van der Waals surface area contributed by atoms with Crippen LogP contribution in [-0.4, -0.2) is 32.8 Å². The molecule has 0 saturated heterocycles. The number of unbranched alkanes of at least 4 members (excludes halogenated alkanes) is 1. The van der Waals surface area contributed by atoms with E-state index in [-0.39, 0.29) is 21.4 Å². The molecule has 8 heteroatoms. The molecular formula is C12H16BrClN2O3S. The summed E-state index contributed by atoms with van der Waals surface area (Å²) in [6.07, 6.45) is 1.81. The van der Waals surface area contributed by atoms with E-state index in [0.717, 1.165) is 12.8 Å². The molecule has 0 saturated carbocycles. The summed E-state index contributed by atoms with van der Waals surface area (Å²) in [6, 6.07) is 2.77. The minimum atomic E-state index is -3.99. The lowest BCUT2D eigenvalue weighted by Gasteiger charge is -2.18. The number of carbonyl (C=O) groups excluding carboxylic acids is 1. The van der Waals surface area contributed by atoms with E-state index in [1.807, 2.05) is 6.92 Å². The number of rotatable bonds is 5. The van der Waals surface area contributed by atoms with Crippen LogP contribution in [0.3, 0.4) is 0 Å².